The fourth-order valence-corrected chi connectivity index (χ4v) is 1.77. The molecule has 1 aromatic carbocycles. The van der Waals surface area contributed by atoms with Gasteiger partial charge in [0, 0.05) is 15.8 Å². The van der Waals surface area contributed by atoms with Gasteiger partial charge in [-0.25, -0.2) is 0 Å². The second-order valence-corrected chi connectivity index (χ2v) is 5.06. The SMILES string of the molecule is CC(C)OCC(O)CNc1ccccc1I. The van der Waals surface area contributed by atoms with Gasteiger partial charge in [0.15, 0.2) is 0 Å². The van der Waals surface area contributed by atoms with Crippen LogP contribution in [0, 0.1) is 3.57 Å². The summed E-state index contributed by atoms with van der Waals surface area (Å²) >= 11 is 2.26. The maximum atomic E-state index is 9.66. The standard InChI is InChI=1S/C12H18INO2/c1-9(2)16-8-10(15)7-14-12-6-4-3-5-11(12)13/h3-6,9-10,14-15H,7-8H2,1-2H3. The normalized spacial score (nSPS) is 12.8. The minimum atomic E-state index is -0.474. The van der Waals surface area contributed by atoms with Crippen LogP contribution in [0.15, 0.2) is 24.3 Å². The van der Waals surface area contributed by atoms with Crippen LogP contribution in [-0.4, -0.2) is 30.5 Å². The van der Waals surface area contributed by atoms with Crippen LogP contribution in [0.2, 0.25) is 0 Å². The molecule has 90 valence electrons. The first kappa shape index (κ1) is 13.7. The topological polar surface area (TPSA) is 41.5 Å². The number of benzene rings is 1. The third-order valence-electron chi connectivity index (χ3n) is 2.02. The van der Waals surface area contributed by atoms with Crippen molar-refractivity contribution < 1.29 is 9.84 Å². The number of nitrogens with one attached hydrogen (secondary N) is 1. The summed E-state index contributed by atoms with van der Waals surface area (Å²) in [5, 5.41) is 12.9. The van der Waals surface area contributed by atoms with Gasteiger partial charge >= 0.3 is 0 Å². The Morgan fingerprint density at radius 1 is 1.38 bits per heavy atom. The lowest BCUT2D eigenvalue weighted by molar-refractivity contribution is 0.0112. The Kier molecular flexibility index (Phi) is 6.08. The summed E-state index contributed by atoms with van der Waals surface area (Å²) in [5.41, 5.74) is 1.05. The van der Waals surface area contributed by atoms with Crippen LogP contribution in [0.25, 0.3) is 0 Å². The van der Waals surface area contributed by atoms with E-state index in [1.807, 2.05) is 38.1 Å². The zero-order valence-electron chi connectivity index (χ0n) is 9.61. The highest BCUT2D eigenvalue weighted by Gasteiger charge is 2.06. The molecule has 0 radical (unpaired) electrons. The van der Waals surface area contributed by atoms with Crippen molar-refractivity contribution in [3.63, 3.8) is 0 Å². The highest BCUT2D eigenvalue weighted by atomic mass is 127. The van der Waals surface area contributed by atoms with Crippen LogP contribution in [-0.2, 0) is 4.74 Å². The van der Waals surface area contributed by atoms with Crippen molar-refractivity contribution in [1.82, 2.24) is 0 Å². The van der Waals surface area contributed by atoms with E-state index in [1.54, 1.807) is 0 Å². The largest absolute Gasteiger partial charge is 0.389 e. The van der Waals surface area contributed by atoms with Crippen molar-refractivity contribution in [3.8, 4) is 0 Å². The van der Waals surface area contributed by atoms with Crippen molar-refractivity contribution in [2.24, 2.45) is 0 Å². The van der Waals surface area contributed by atoms with E-state index < -0.39 is 6.10 Å². The molecule has 2 N–H and O–H groups in total. The Morgan fingerprint density at radius 3 is 2.69 bits per heavy atom. The number of rotatable bonds is 6. The number of aliphatic hydroxyl groups excluding tert-OH is 1. The van der Waals surface area contributed by atoms with Crippen molar-refractivity contribution in [3.05, 3.63) is 27.8 Å². The van der Waals surface area contributed by atoms with Gasteiger partial charge in [-0.3, -0.25) is 0 Å². The summed E-state index contributed by atoms with van der Waals surface area (Å²) in [6.07, 6.45) is -0.315. The van der Waals surface area contributed by atoms with E-state index in [0.29, 0.717) is 13.2 Å². The molecule has 1 rings (SSSR count). The fourth-order valence-electron chi connectivity index (χ4n) is 1.19. The van der Waals surface area contributed by atoms with Crippen LogP contribution >= 0.6 is 22.6 Å². The van der Waals surface area contributed by atoms with E-state index in [4.69, 9.17) is 4.74 Å². The molecule has 0 bridgehead atoms. The molecule has 0 saturated carbocycles. The average Bonchev–Trinajstić information content (AvgIpc) is 2.25. The third kappa shape index (κ3) is 5.14. The first-order valence-electron chi connectivity index (χ1n) is 5.37. The molecule has 1 unspecified atom stereocenters. The first-order valence-corrected chi connectivity index (χ1v) is 6.45. The van der Waals surface area contributed by atoms with E-state index in [-0.39, 0.29) is 6.10 Å². The van der Waals surface area contributed by atoms with Crippen LogP contribution < -0.4 is 5.32 Å². The van der Waals surface area contributed by atoms with Gasteiger partial charge in [0.1, 0.15) is 0 Å². The van der Waals surface area contributed by atoms with Gasteiger partial charge in [0.05, 0.1) is 18.8 Å². The van der Waals surface area contributed by atoms with Gasteiger partial charge in [0.25, 0.3) is 0 Å². The molecule has 0 aliphatic carbocycles. The second-order valence-electron chi connectivity index (χ2n) is 3.90. The Bertz CT molecular complexity index is 318. The molecule has 0 aliphatic rings. The molecular weight excluding hydrogens is 317 g/mol. The van der Waals surface area contributed by atoms with E-state index >= 15 is 0 Å². The van der Waals surface area contributed by atoms with Crippen molar-refractivity contribution in [1.29, 1.82) is 0 Å². The van der Waals surface area contributed by atoms with Gasteiger partial charge in [-0.05, 0) is 48.6 Å². The highest BCUT2D eigenvalue weighted by molar-refractivity contribution is 14.1. The van der Waals surface area contributed by atoms with E-state index in [9.17, 15) is 5.11 Å². The molecule has 3 nitrogen and oxygen atoms in total. The zero-order chi connectivity index (χ0) is 12.0. The Labute approximate surface area is 110 Å². The smallest absolute Gasteiger partial charge is 0.0945 e. The molecule has 0 saturated heterocycles. The van der Waals surface area contributed by atoms with Crippen LogP contribution in [0.5, 0.6) is 0 Å². The van der Waals surface area contributed by atoms with Gasteiger partial charge in [-0.15, -0.1) is 0 Å². The number of ether oxygens (including phenoxy) is 1. The number of para-hydroxylation sites is 1. The first-order chi connectivity index (χ1) is 7.59. The van der Waals surface area contributed by atoms with Gasteiger partial charge in [-0.1, -0.05) is 12.1 Å². The van der Waals surface area contributed by atoms with Crippen LogP contribution in [0.4, 0.5) is 5.69 Å². The van der Waals surface area contributed by atoms with Crippen LogP contribution in [0.1, 0.15) is 13.8 Å². The van der Waals surface area contributed by atoms with Gasteiger partial charge < -0.3 is 15.2 Å². The van der Waals surface area contributed by atoms with Gasteiger partial charge in [-0.2, -0.15) is 0 Å². The summed E-state index contributed by atoms with van der Waals surface area (Å²) in [4.78, 5) is 0. The van der Waals surface area contributed by atoms with Gasteiger partial charge in [0.2, 0.25) is 0 Å². The minimum absolute atomic E-state index is 0.159. The zero-order valence-corrected chi connectivity index (χ0v) is 11.8. The van der Waals surface area contributed by atoms with Crippen molar-refractivity contribution in [2.45, 2.75) is 26.1 Å². The molecule has 0 spiro atoms. The Hall–Kier alpha value is -0.330. The molecule has 0 aromatic heterocycles. The molecular formula is C12H18INO2. The molecule has 4 heteroatoms. The molecule has 16 heavy (non-hydrogen) atoms. The molecule has 0 amide bonds. The average molecular weight is 335 g/mol. The molecule has 0 heterocycles. The lowest BCUT2D eigenvalue weighted by atomic mass is 10.3. The second kappa shape index (κ2) is 7.09. The predicted octanol–water partition coefficient (Wildman–Crippen LogP) is 2.49. The molecule has 1 aromatic rings. The summed E-state index contributed by atoms with van der Waals surface area (Å²) in [7, 11) is 0. The monoisotopic (exact) mass is 335 g/mol. The Morgan fingerprint density at radius 2 is 2.06 bits per heavy atom. The number of halogens is 1. The van der Waals surface area contributed by atoms with E-state index in [1.165, 1.54) is 0 Å². The number of anilines is 1. The number of aliphatic hydroxyl groups is 1. The highest BCUT2D eigenvalue weighted by Crippen LogP contribution is 2.16. The van der Waals surface area contributed by atoms with E-state index in [0.717, 1.165) is 9.26 Å². The van der Waals surface area contributed by atoms with Crippen molar-refractivity contribution in [2.75, 3.05) is 18.5 Å². The van der Waals surface area contributed by atoms with Crippen molar-refractivity contribution >= 4 is 28.3 Å². The lowest BCUT2D eigenvalue weighted by Crippen LogP contribution is -2.26. The maximum Gasteiger partial charge on any atom is 0.0945 e. The summed E-state index contributed by atoms with van der Waals surface area (Å²) < 4.78 is 6.48. The summed E-state index contributed by atoms with van der Waals surface area (Å²) in [6, 6.07) is 7.99. The number of hydrogen-bond acceptors (Lipinski definition) is 3. The van der Waals surface area contributed by atoms with E-state index in [2.05, 4.69) is 27.9 Å². The maximum absolute atomic E-state index is 9.66. The molecule has 1 atom stereocenters. The minimum Gasteiger partial charge on any atom is -0.389 e. The lowest BCUT2D eigenvalue weighted by Gasteiger charge is -2.15. The molecule has 0 aliphatic heterocycles. The number of hydrogen-bond donors (Lipinski definition) is 2. The fraction of sp³-hybridized carbons (Fsp3) is 0.500. The third-order valence-corrected chi connectivity index (χ3v) is 2.96. The molecule has 0 fully saturated rings. The quantitative estimate of drug-likeness (QED) is 0.785. The summed E-state index contributed by atoms with van der Waals surface area (Å²) in [5.74, 6) is 0. The van der Waals surface area contributed by atoms with Crippen LogP contribution in [0.3, 0.4) is 0 Å². The summed E-state index contributed by atoms with van der Waals surface area (Å²) in [6.45, 7) is 4.79. The predicted molar refractivity (Wildman–Crippen MR) is 74.7 cm³/mol. The Balaban J connectivity index is 2.31.